The Kier molecular flexibility index (Phi) is 19.0. The van der Waals surface area contributed by atoms with Gasteiger partial charge >= 0.3 is 162 Å². The Morgan fingerprint density at radius 1 is 0.929 bits per heavy atom. The summed E-state index contributed by atoms with van der Waals surface area (Å²) in [5.74, 6) is 1.34. The Bertz CT molecular complexity index is 857. The second kappa shape index (κ2) is 15.9. The molecular formula is C16H22K3O7PS. The molecule has 0 saturated heterocycles. The second-order valence-electron chi connectivity index (χ2n) is 5.51. The van der Waals surface area contributed by atoms with Crippen molar-refractivity contribution in [1.82, 2.24) is 0 Å². The normalized spacial score (nSPS) is 12.0. The molecular weight excluding hydrogens is 485 g/mol. The number of para-hydroxylation sites is 1. The summed E-state index contributed by atoms with van der Waals surface area (Å²) in [5, 5.41) is 0. The van der Waals surface area contributed by atoms with Crippen molar-refractivity contribution in [2.45, 2.75) is 24.3 Å². The number of rotatable bonds is 8. The minimum absolute atomic E-state index is 0. The van der Waals surface area contributed by atoms with Crippen molar-refractivity contribution >= 4 is 17.7 Å². The summed E-state index contributed by atoms with van der Waals surface area (Å²) in [5.41, 5.74) is 0.861. The van der Waals surface area contributed by atoms with Crippen LogP contribution in [0.5, 0.6) is 11.5 Å². The van der Waals surface area contributed by atoms with E-state index in [1.165, 1.54) is 0 Å². The number of hydrogen-bond donors (Lipinski definition) is 3. The van der Waals surface area contributed by atoms with E-state index in [-0.39, 0.29) is 171 Å². The zero-order valence-electron chi connectivity index (χ0n) is 19.2. The molecule has 0 aliphatic rings. The predicted octanol–water partition coefficient (Wildman–Crippen LogP) is -5.46. The molecule has 0 heterocycles. The summed E-state index contributed by atoms with van der Waals surface area (Å²) >= 11 is 0. The van der Waals surface area contributed by atoms with Gasteiger partial charge in [0.25, 0.3) is 10.1 Å². The largest absolute Gasteiger partial charge is 1.00 e. The van der Waals surface area contributed by atoms with Crippen LogP contribution in [0.4, 0.5) is 0 Å². The quantitative estimate of drug-likeness (QED) is 0.186. The number of aryl methyl sites for hydroxylation is 1. The summed E-state index contributed by atoms with van der Waals surface area (Å²) in [6.45, 7) is 0. The number of hydrogen-bond acceptors (Lipinski definition) is 4. The molecule has 3 N–H and O–H groups in total. The van der Waals surface area contributed by atoms with E-state index in [1.54, 1.807) is 24.3 Å². The SMILES string of the molecule is O=P(O)(O)C(CCCc1ccc(Oc2ccccc2)cc1)S(=O)(=O)O.[H-].[H-].[H-].[K+].[K+].[K+]. The Labute approximate surface area is 297 Å². The molecule has 1 atom stereocenters. The fourth-order valence-electron chi connectivity index (χ4n) is 2.32. The average molecular weight is 507 g/mol. The van der Waals surface area contributed by atoms with Gasteiger partial charge in [0, 0.05) is 0 Å². The number of ether oxygens (including phenoxy) is 1. The van der Waals surface area contributed by atoms with E-state index >= 15 is 0 Å². The minimum Gasteiger partial charge on any atom is -1.00 e. The van der Waals surface area contributed by atoms with Gasteiger partial charge in [-0.05, 0) is 49.1 Å². The molecule has 2 aromatic rings. The van der Waals surface area contributed by atoms with Crippen LogP contribution in [0, 0.1) is 0 Å². The minimum atomic E-state index is -4.92. The van der Waals surface area contributed by atoms with Gasteiger partial charge in [0.15, 0.2) is 4.99 Å². The molecule has 28 heavy (non-hydrogen) atoms. The summed E-state index contributed by atoms with van der Waals surface area (Å²) in [6.07, 6.45) is 0.289. The fourth-order valence-corrected chi connectivity index (χ4v) is 4.69. The maximum absolute atomic E-state index is 11.2. The standard InChI is InChI=1S/C16H19O7PS.3K.3H/c17-24(18,19)16(25(20,21)22)8-4-5-13-9-11-15(12-10-13)23-14-6-2-1-3-7-14;;;;;;/h1-3,6-7,9-12,16H,4-5,8H2,(H2,17,18,19)(H,20,21,22);;;;;;/q;3*+1;3*-1. The first-order chi connectivity index (χ1) is 11.7. The van der Waals surface area contributed by atoms with E-state index in [0.29, 0.717) is 17.9 Å². The second-order valence-corrected chi connectivity index (χ2v) is 9.26. The van der Waals surface area contributed by atoms with E-state index in [1.807, 2.05) is 30.3 Å². The zero-order valence-corrected chi connectivity index (χ0v) is 27.3. The third-order valence-electron chi connectivity index (χ3n) is 3.54. The Morgan fingerprint density at radius 2 is 1.43 bits per heavy atom. The molecule has 0 amide bonds. The Balaban J connectivity index is -0.000000376. The molecule has 7 nitrogen and oxygen atoms in total. The maximum Gasteiger partial charge on any atom is 1.00 e. The van der Waals surface area contributed by atoms with Crippen molar-refractivity contribution in [3.05, 3.63) is 60.2 Å². The smallest absolute Gasteiger partial charge is 1.00 e. The van der Waals surface area contributed by atoms with Gasteiger partial charge in [0.05, 0.1) is 0 Å². The van der Waals surface area contributed by atoms with Crippen molar-refractivity contribution in [3.63, 3.8) is 0 Å². The van der Waals surface area contributed by atoms with Gasteiger partial charge < -0.3 is 18.8 Å². The van der Waals surface area contributed by atoms with Crippen LogP contribution in [-0.4, -0.2) is 27.7 Å². The first kappa shape index (κ1) is 33.4. The molecule has 0 aliphatic heterocycles. The van der Waals surface area contributed by atoms with Crippen LogP contribution in [0.15, 0.2) is 54.6 Å². The van der Waals surface area contributed by atoms with Crippen molar-refractivity contribution < 1.29 is 190 Å². The first-order valence-electron chi connectivity index (χ1n) is 7.49. The van der Waals surface area contributed by atoms with Gasteiger partial charge in [-0.2, -0.15) is 8.42 Å². The van der Waals surface area contributed by atoms with Crippen LogP contribution in [0.1, 0.15) is 22.7 Å². The first-order valence-corrected chi connectivity index (χ1v) is 10.7. The molecule has 0 aromatic heterocycles. The van der Waals surface area contributed by atoms with Crippen LogP contribution in [0.3, 0.4) is 0 Å². The molecule has 2 rings (SSSR count). The van der Waals surface area contributed by atoms with Crippen LogP contribution < -0.4 is 159 Å². The molecule has 12 heteroatoms. The molecule has 0 saturated carbocycles. The maximum atomic E-state index is 11.2. The van der Waals surface area contributed by atoms with Crippen molar-refractivity contribution in [1.29, 1.82) is 0 Å². The molecule has 142 valence electrons. The summed E-state index contributed by atoms with van der Waals surface area (Å²) in [7, 11) is -9.72. The fraction of sp³-hybridized carbons (Fsp3) is 0.250. The third kappa shape index (κ3) is 12.4. The van der Waals surface area contributed by atoms with E-state index in [2.05, 4.69) is 0 Å². The monoisotopic (exact) mass is 506 g/mol. The third-order valence-corrected chi connectivity index (χ3v) is 7.09. The van der Waals surface area contributed by atoms with Gasteiger partial charge in [0.2, 0.25) is 0 Å². The predicted molar refractivity (Wildman–Crippen MR) is 96.6 cm³/mol. The Hall–Kier alpha value is 3.21. The van der Waals surface area contributed by atoms with Crippen LogP contribution in [-0.2, 0) is 21.1 Å². The molecule has 2 aromatic carbocycles. The van der Waals surface area contributed by atoms with Crippen LogP contribution in [0.2, 0.25) is 0 Å². The van der Waals surface area contributed by atoms with E-state index < -0.39 is 22.7 Å². The molecule has 0 radical (unpaired) electrons. The summed E-state index contributed by atoms with van der Waals surface area (Å²) in [4.78, 5) is 16.0. The van der Waals surface area contributed by atoms with Gasteiger partial charge in [-0.25, -0.2) is 0 Å². The van der Waals surface area contributed by atoms with Crippen molar-refractivity contribution in [2.75, 3.05) is 0 Å². The van der Waals surface area contributed by atoms with Crippen LogP contribution in [0.25, 0.3) is 0 Å². The Morgan fingerprint density at radius 3 is 1.89 bits per heavy atom. The van der Waals surface area contributed by atoms with E-state index in [9.17, 15) is 13.0 Å². The zero-order chi connectivity index (χ0) is 18.5. The van der Waals surface area contributed by atoms with Gasteiger partial charge in [-0.1, -0.05) is 30.3 Å². The summed E-state index contributed by atoms with van der Waals surface area (Å²) in [6, 6.07) is 16.3. The molecule has 1 unspecified atom stereocenters. The van der Waals surface area contributed by atoms with Crippen LogP contribution >= 0.6 is 7.60 Å². The van der Waals surface area contributed by atoms with Crippen molar-refractivity contribution in [2.24, 2.45) is 0 Å². The molecule has 0 aliphatic carbocycles. The molecule has 0 spiro atoms. The van der Waals surface area contributed by atoms with E-state index in [0.717, 1.165) is 5.56 Å². The van der Waals surface area contributed by atoms with Gasteiger partial charge in [-0.3, -0.25) is 9.12 Å². The summed E-state index contributed by atoms with van der Waals surface area (Å²) < 4.78 is 47.9. The van der Waals surface area contributed by atoms with Gasteiger partial charge in [0.1, 0.15) is 11.5 Å². The molecule has 0 fully saturated rings. The number of benzene rings is 2. The average Bonchev–Trinajstić information content (AvgIpc) is 2.51. The van der Waals surface area contributed by atoms with Crippen molar-refractivity contribution in [3.8, 4) is 11.5 Å². The molecule has 0 bridgehead atoms. The topological polar surface area (TPSA) is 121 Å². The van der Waals surface area contributed by atoms with E-state index in [4.69, 9.17) is 19.1 Å². The van der Waals surface area contributed by atoms with Gasteiger partial charge in [-0.15, -0.1) is 0 Å².